The summed E-state index contributed by atoms with van der Waals surface area (Å²) >= 11 is 0. The van der Waals surface area contributed by atoms with Gasteiger partial charge in [0.1, 0.15) is 6.61 Å². The van der Waals surface area contributed by atoms with Gasteiger partial charge in [0.05, 0.1) is 17.5 Å². The number of aliphatic hydroxyl groups is 2. The van der Waals surface area contributed by atoms with E-state index in [0.717, 1.165) is 50.5 Å². The van der Waals surface area contributed by atoms with Gasteiger partial charge in [-0.2, -0.15) is 0 Å². The number of rotatable bonds is 4. The Bertz CT molecular complexity index is 1010. The SMILES string of the molecule is C[C@]12CC[C@H](NC(=O)OCCN)C[C@@]1(O)CC[C@@H]1[C@@H]2CC[C@]2(C)[C@@H](c3ccc(=O)oc3)CC[C@]12O. The summed E-state index contributed by atoms with van der Waals surface area (Å²) < 4.78 is 10.3. The van der Waals surface area contributed by atoms with Crippen molar-refractivity contribution in [2.75, 3.05) is 13.2 Å². The number of carbonyl (C=O) groups excluding carboxylic acids is 1. The molecule has 4 saturated carbocycles. The maximum absolute atomic E-state index is 12.3. The Kier molecular flexibility index (Phi) is 6.09. The monoisotopic (exact) mass is 488 g/mol. The van der Waals surface area contributed by atoms with Crippen LogP contribution in [0.15, 0.2) is 27.6 Å². The van der Waals surface area contributed by atoms with Gasteiger partial charge in [-0.1, -0.05) is 13.8 Å². The van der Waals surface area contributed by atoms with E-state index in [-0.39, 0.29) is 53.4 Å². The van der Waals surface area contributed by atoms with Crippen molar-refractivity contribution in [3.8, 4) is 0 Å². The van der Waals surface area contributed by atoms with E-state index in [2.05, 4.69) is 19.2 Å². The van der Waals surface area contributed by atoms with Gasteiger partial charge in [0.15, 0.2) is 0 Å². The normalized spacial score (nSPS) is 44.6. The van der Waals surface area contributed by atoms with Gasteiger partial charge in [-0.15, -0.1) is 0 Å². The fraction of sp³-hybridized carbons (Fsp3) is 0.778. The number of amides is 1. The van der Waals surface area contributed by atoms with E-state index in [1.165, 1.54) is 6.07 Å². The van der Waals surface area contributed by atoms with Crippen LogP contribution in [-0.2, 0) is 4.74 Å². The maximum Gasteiger partial charge on any atom is 0.407 e. The molecule has 8 nitrogen and oxygen atoms in total. The summed E-state index contributed by atoms with van der Waals surface area (Å²) in [5.41, 5.74) is 3.74. The predicted octanol–water partition coefficient (Wildman–Crippen LogP) is 3.05. The molecule has 0 radical (unpaired) electrons. The Morgan fingerprint density at radius 3 is 2.54 bits per heavy atom. The highest BCUT2D eigenvalue weighted by atomic mass is 16.5. The van der Waals surface area contributed by atoms with E-state index in [4.69, 9.17) is 14.9 Å². The van der Waals surface area contributed by atoms with Gasteiger partial charge >= 0.3 is 11.7 Å². The molecule has 0 spiro atoms. The second-order valence-electron chi connectivity index (χ2n) is 12.1. The number of fused-ring (bicyclic) bond motifs is 5. The van der Waals surface area contributed by atoms with E-state index < -0.39 is 17.3 Å². The smallest absolute Gasteiger partial charge is 0.407 e. The number of hydrogen-bond donors (Lipinski definition) is 4. The summed E-state index contributed by atoms with van der Waals surface area (Å²) in [5, 5.41) is 27.2. The largest absolute Gasteiger partial charge is 0.448 e. The molecule has 1 aromatic heterocycles. The highest BCUT2D eigenvalue weighted by Crippen LogP contribution is 2.71. The number of carbonyl (C=O) groups is 1. The van der Waals surface area contributed by atoms with Crippen LogP contribution >= 0.6 is 0 Å². The van der Waals surface area contributed by atoms with Crippen LogP contribution in [0.4, 0.5) is 4.79 Å². The Labute approximate surface area is 206 Å². The van der Waals surface area contributed by atoms with Gasteiger partial charge in [0.25, 0.3) is 0 Å². The molecule has 0 unspecified atom stereocenters. The molecule has 5 N–H and O–H groups in total. The molecule has 0 aromatic carbocycles. The van der Waals surface area contributed by atoms with Gasteiger partial charge < -0.3 is 30.4 Å². The van der Waals surface area contributed by atoms with Crippen molar-refractivity contribution in [2.45, 2.75) is 94.8 Å². The first kappa shape index (κ1) is 24.8. The van der Waals surface area contributed by atoms with Crippen molar-refractivity contribution in [1.29, 1.82) is 0 Å². The van der Waals surface area contributed by atoms with E-state index >= 15 is 0 Å². The first-order valence-corrected chi connectivity index (χ1v) is 13.2. The molecule has 0 saturated heterocycles. The van der Waals surface area contributed by atoms with Crippen LogP contribution in [0.3, 0.4) is 0 Å². The summed E-state index contributed by atoms with van der Waals surface area (Å²) in [6.07, 6.45) is 7.97. The molecule has 8 atom stereocenters. The highest BCUT2D eigenvalue weighted by molar-refractivity contribution is 5.67. The van der Waals surface area contributed by atoms with Crippen LogP contribution in [0.25, 0.3) is 0 Å². The van der Waals surface area contributed by atoms with Crippen LogP contribution in [0, 0.1) is 22.7 Å². The van der Waals surface area contributed by atoms with Crippen LogP contribution in [0.5, 0.6) is 0 Å². The summed E-state index contributed by atoms with van der Waals surface area (Å²) in [4.78, 5) is 23.6. The number of hydrogen-bond acceptors (Lipinski definition) is 7. The van der Waals surface area contributed by atoms with Gasteiger partial charge in [-0.3, -0.25) is 0 Å². The lowest BCUT2D eigenvalue weighted by molar-refractivity contribution is -0.247. The number of alkyl carbamates (subject to hydrolysis) is 1. The predicted molar refractivity (Wildman–Crippen MR) is 130 cm³/mol. The molecule has 1 aromatic rings. The van der Waals surface area contributed by atoms with Crippen LogP contribution in [0.2, 0.25) is 0 Å². The lowest BCUT2D eigenvalue weighted by Gasteiger charge is -2.66. The van der Waals surface area contributed by atoms with E-state index in [0.29, 0.717) is 12.8 Å². The van der Waals surface area contributed by atoms with Crippen LogP contribution in [0.1, 0.15) is 83.1 Å². The second-order valence-corrected chi connectivity index (χ2v) is 12.1. The Morgan fingerprint density at radius 2 is 1.83 bits per heavy atom. The van der Waals surface area contributed by atoms with Gasteiger partial charge in [-0.25, -0.2) is 9.59 Å². The fourth-order valence-corrected chi connectivity index (χ4v) is 8.81. The summed E-state index contributed by atoms with van der Waals surface area (Å²) in [6, 6.07) is 3.20. The molecule has 35 heavy (non-hydrogen) atoms. The van der Waals surface area contributed by atoms with Crippen LogP contribution < -0.4 is 16.7 Å². The van der Waals surface area contributed by atoms with Crippen molar-refractivity contribution in [3.63, 3.8) is 0 Å². The lowest BCUT2D eigenvalue weighted by Crippen LogP contribution is -2.68. The summed E-state index contributed by atoms with van der Waals surface area (Å²) in [7, 11) is 0. The fourth-order valence-electron chi connectivity index (χ4n) is 8.81. The topological polar surface area (TPSA) is 135 Å². The molecule has 194 valence electrons. The molecule has 4 fully saturated rings. The molecule has 0 bridgehead atoms. The minimum Gasteiger partial charge on any atom is -0.448 e. The first-order chi connectivity index (χ1) is 16.6. The molecule has 4 aliphatic carbocycles. The summed E-state index contributed by atoms with van der Waals surface area (Å²) in [5.74, 6) is 0.481. The molecular weight excluding hydrogens is 448 g/mol. The summed E-state index contributed by atoms with van der Waals surface area (Å²) in [6.45, 7) is 4.88. The number of nitrogens with two attached hydrogens (primary N) is 1. The van der Waals surface area contributed by atoms with E-state index in [1.54, 1.807) is 6.26 Å². The Hall–Kier alpha value is -1.90. The van der Waals surface area contributed by atoms with Gasteiger partial charge in [0, 0.05) is 24.1 Å². The number of nitrogens with one attached hydrogen (secondary N) is 1. The molecule has 1 amide bonds. The second kappa shape index (κ2) is 8.60. The first-order valence-electron chi connectivity index (χ1n) is 13.2. The Morgan fingerprint density at radius 1 is 1.09 bits per heavy atom. The van der Waals surface area contributed by atoms with Crippen molar-refractivity contribution in [3.05, 3.63) is 34.4 Å². The number of ether oxygens (including phenoxy) is 1. The zero-order valence-corrected chi connectivity index (χ0v) is 20.9. The third kappa shape index (κ3) is 3.66. The minimum atomic E-state index is -0.886. The molecule has 4 aliphatic rings. The quantitative estimate of drug-likeness (QED) is 0.511. The molecule has 0 aliphatic heterocycles. The third-order valence-corrected chi connectivity index (χ3v) is 10.8. The lowest BCUT2D eigenvalue weighted by atomic mass is 9.42. The molecule has 5 rings (SSSR count). The highest BCUT2D eigenvalue weighted by Gasteiger charge is 2.69. The van der Waals surface area contributed by atoms with Crippen molar-refractivity contribution < 1.29 is 24.2 Å². The van der Waals surface area contributed by atoms with Crippen molar-refractivity contribution in [1.82, 2.24) is 5.32 Å². The van der Waals surface area contributed by atoms with Crippen molar-refractivity contribution in [2.24, 2.45) is 28.4 Å². The van der Waals surface area contributed by atoms with Crippen LogP contribution in [-0.4, -0.2) is 46.7 Å². The molecule has 1 heterocycles. The van der Waals surface area contributed by atoms with E-state index in [1.807, 2.05) is 6.07 Å². The van der Waals surface area contributed by atoms with Gasteiger partial charge in [0.2, 0.25) is 0 Å². The average molecular weight is 489 g/mol. The van der Waals surface area contributed by atoms with Crippen molar-refractivity contribution >= 4 is 6.09 Å². The molecule has 8 heteroatoms. The Balaban J connectivity index is 1.36. The molecular formula is C27H40N2O6. The zero-order chi connectivity index (χ0) is 25.1. The zero-order valence-electron chi connectivity index (χ0n) is 20.9. The van der Waals surface area contributed by atoms with E-state index in [9.17, 15) is 19.8 Å². The third-order valence-electron chi connectivity index (χ3n) is 10.8. The standard InChI is InChI=1S/C27H40N2O6/c1-24-9-5-18(29-23(31)34-14-13-28)15-26(24,32)11-7-21-20(24)6-10-25(2)19(8-12-27(21,25)33)17-3-4-22(30)35-16-17/h3-4,16,18-21,32-33H,5-15,28H2,1-2H3,(H,29,31)/t18-,19+,20-,21+,24+,25+,26-,27-/m0/s1. The minimum absolute atomic E-state index is 0.117. The maximum atomic E-state index is 12.3. The average Bonchev–Trinajstić information content (AvgIpc) is 3.10. The van der Waals surface area contributed by atoms with Gasteiger partial charge in [-0.05, 0) is 92.6 Å².